The van der Waals surface area contributed by atoms with Crippen molar-refractivity contribution in [3.8, 4) is 6.07 Å². The third-order valence-corrected chi connectivity index (χ3v) is 2.50. The lowest BCUT2D eigenvalue weighted by atomic mass is 10.0. The number of dihydropyridines is 1. The number of hydrogen-bond acceptors (Lipinski definition) is 3. The van der Waals surface area contributed by atoms with Crippen LogP contribution in [-0.4, -0.2) is 4.98 Å². The van der Waals surface area contributed by atoms with Crippen molar-refractivity contribution in [2.45, 2.75) is 19.4 Å². The highest BCUT2D eigenvalue weighted by molar-refractivity contribution is 5.30. The first-order valence-corrected chi connectivity index (χ1v) is 5.22. The van der Waals surface area contributed by atoms with Crippen molar-refractivity contribution < 1.29 is 0 Å². The molecule has 1 aromatic rings. The molecule has 0 bridgehead atoms. The zero-order valence-electron chi connectivity index (χ0n) is 9.14. The van der Waals surface area contributed by atoms with Crippen LogP contribution in [0.2, 0.25) is 0 Å². The minimum absolute atomic E-state index is 0.114. The maximum atomic E-state index is 8.65. The van der Waals surface area contributed by atoms with Crippen LogP contribution in [0.5, 0.6) is 0 Å². The highest BCUT2D eigenvalue weighted by atomic mass is 14.9. The second-order valence-electron chi connectivity index (χ2n) is 3.81. The monoisotopic (exact) mass is 211 g/mol. The number of hydrogen-bond donors (Lipinski definition) is 1. The molecule has 16 heavy (non-hydrogen) atoms. The van der Waals surface area contributed by atoms with Crippen molar-refractivity contribution in [1.29, 1.82) is 5.26 Å². The molecule has 0 radical (unpaired) electrons. The lowest BCUT2D eigenvalue weighted by molar-refractivity contribution is 0.713. The zero-order valence-corrected chi connectivity index (χ0v) is 9.14. The van der Waals surface area contributed by atoms with Gasteiger partial charge in [0.25, 0.3) is 0 Å². The van der Waals surface area contributed by atoms with Gasteiger partial charge in [-0.25, -0.2) is 0 Å². The standard InChI is InChI=1S/C13H13N3/c1-10-3-6-15-12(8-10)13-9-11(2-5-14)4-7-16-13/h3-4,6-9,12,15H,2H2,1H3. The Balaban J connectivity index is 2.24. The fourth-order valence-electron chi connectivity index (χ4n) is 1.69. The van der Waals surface area contributed by atoms with Gasteiger partial charge in [-0.1, -0.05) is 11.6 Å². The summed E-state index contributed by atoms with van der Waals surface area (Å²) in [5.41, 5.74) is 3.18. The zero-order chi connectivity index (χ0) is 11.4. The Morgan fingerprint density at radius 3 is 3.19 bits per heavy atom. The molecule has 2 heterocycles. The van der Waals surface area contributed by atoms with Crippen LogP contribution < -0.4 is 5.32 Å². The van der Waals surface area contributed by atoms with E-state index < -0.39 is 0 Å². The highest BCUT2D eigenvalue weighted by Crippen LogP contribution is 2.18. The quantitative estimate of drug-likeness (QED) is 0.816. The first-order chi connectivity index (χ1) is 7.79. The van der Waals surface area contributed by atoms with Gasteiger partial charge in [-0.2, -0.15) is 5.26 Å². The summed E-state index contributed by atoms with van der Waals surface area (Å²) in [6.45, 7) is 2.06. The summed E-state index contributed by atoms with van der Waals surface area (Å²) in [5, 5.41) is 11.9. The van der Waals surface area contributed by atoms with E-state index in [1.54, 1.807) is 6.20 Å². The molecule has 1 aliphatic rings. The third-order valence-electron chi connectivity index (χ3n) is 2.50. The number of aromatic nitrogens is 1. The fraction of sp³-hybridized carbons (Fsp3) is 0.231. The summed E-state index contributed by atoms with van der Waals surface area (Å²) >= 11 is 0. The molecule has 2 rings (SSSR count). The molecule has 0 amide bonds. The van der Waals surface area contributed by atoms with E-state index in [-0.39, 0.29) is 6.04 Å². The summed E-state index contributed by atoms with van der Waals surface area (Å²) in [6, 6.07) is 6.11. The lowest BCUT2D eigenvalue weighted by Gasteiger charge is -2.17. The molecule has 1 aromatic heterocycles. The van der Waals surface area contributed by atoms with Crippen LogP contribution in [0.3, 0.4) is 0 Å². The van der Waals surface area contributed by atoms with Gasteiger partial charge < -0.3 is 5.32 Å². The van der Waals surface area contributed by atoms with E-state index in [0.29, 0.717) is 6.42 Å². The SMILES string of the molecule is CC1=CC(c2cc(CC#N)ccn2)NC=C1. The summed E-state index contributed by atoms with van der Waals surface area (Å²) in [6.07, 6.45) is 8.26. The Bertz CT molecular complexity index is 480. The molecule has 3 heteroatoms. The molecule has 0 fully saturated rings. The van der Waals surface area contributed by atoms with Crippen LogP contribution in [0.15, 0.2) is 42.3 Å². The van der Waals surface area contributed by atoms with Crippen LogP contribution in [0, 0.1) is 11.3 Å². The number of nitrogens with one attached hydrogen (secondary N) is 1. The summed E-state index contributed by atoms with van der Waals surface area (Å²) in [7, 11) is 0. The van der Waals surface area contributed by atoms with Gasteiger partial charge in [0.2, 0.25) is 0 Å². The molecular weight excluding hydrogens is 198 g/mol. The van der Waals surface area contributed by atoms with Crippen molar-refractivity contribution in [2.75, 3.05) is 0 Å². The number of nitrogens with zero attached hydrogens (tertiary/aromatic N) is 2. The second-order valence-corrected chi connectivity index (χ2v) is 3.81. The predicted molar refractivity (Wildman–Crippen MR) is 62.3 cm³/mol. The van der Waals surface area contributed by atoms with E-state index in [1.807, 2.05) is 24.4 Å². The van der Waals surface area contributed by atoms with Gasteiger partial charge in [0, 0.05) is 6.20 Å². The summed E-state index contributed by atoms with van der Waals surface area (Å²) in [4.78, 5) is 4.33. The van der Waals surface area contributed by atoms with Crippen molar-refractivity contribution in [3.05, 3.63) is 53.5 Å². The number of rotatable bonds is 2. The third kappa shape index (κ3) is 2.29. The molecule has 0 saturated heterocycles. The Kier molecular flexibility index (Phi) is 3.02. The molecule has 1 aliphatic heterocycles. The van der Waals surface area contributed by atoms with Gasteiger partial charge in [-0.05, 0) is 36.9 Å². The van der Waals surface area contributed by atoms with E-state index >= 15 is 0 Å². The minimum atomic E-state index is 0.114. The molecular formula is C13H13N3. The average Bonchev–Trinajstić information content (AvgIpc) is 2.30. The highest BCUT2D eigenvalue weighted by Gasteiger charge is 2.11. The topological polar surface area (TPSA) is 48.7 Å². The maximum absolute atomic E-state index is 8.65. The van der Waals surface area contributed by atoms with E-state index in [2.05, 4.69) is 29.4 Å². The van der Waals surface area contributed by atoms with Gasteiger partial charge in [-0.3, -0.25) is 4.98 Å². The molecule has 0 saturated carbocycles. The van der Waals surface area contributed by atoms with Crippen molar-refractivity contribution in [2.24, 2.45) is 0 Å². The summed E-state index contributed by atoms with van der Waals surface area (Å²) < 4.78 is 0. The molecule has 3 nitrogen and oxygen atoms in total. The largest absolute Gasteiger partial charge is 0.379 e. The van der Waals surface area contributed by atoms with Gasteiger partial charge in [-0.15, -0.1) is 0 Å². The Hall–Kier alpha value is -2.08. The van der Waals surface area contributed by atoms with E-state index in [0.717, 1.165) is 11.3 Å². The number of allylic oxidation sites excluding steroid dienone is 2. The van der Waals surface area contributed by atoms with Crippen molar-refractivity contribution in [3.63, 3.8) is 0 Å². The van der Waals surface area contributed by atoms with Gasteiger partial charge in [0.1, 0.15) is 0 Å². The smallest absolute Gasteiger partial charge is 0.0871 e. The van der Waals surface area contributed by atoms with Crippen molar-refractivity contribution in [1.82, 2.24) is 10.3 Å². The molecule has 1 N–H and O–H groups in total. The predicted octanol–water partition coefficient (Wildman–Crippen LogP) is 2.25. The Morgan fingerprint density at radius 2 is 2.44 bits per heavy atom. The molecule has 0 aliphatic carbocycles. The number of pyridine rings is 1. The second kappa shape index (κ2) is 4.63. The first kappa shape index (κ1) is 10.4. The summed E-state index contributed by atoms with van der Waals surface area (Å²) in [5.74, 6) is 0. The van der Waals surface area contributed by atoms with Crippen LogP contribution in [0.25, 0.3) is 0 Å². The van der Waals surface area contributed by atoms with Gasteiger partial charge >= 0.3 is 0 Å². The normalized spacial score (nSPS) is 18.5. The van der Waals surface area contributed by atoms with Crippen LogP contribution in [0.1, 0.15) is 24.2 Å². The van der Waals surface area contributed by atoms with E-state index in [9.17, 15) is 0 Å². The minimum Gasteiger partial charge on any atom is -0.379 e. The van der Waals surface area contributed by atoms with E-state index in [4.69, 9.17) is 5.26 Å². The molecule has 0 spiro atoms. The van der Waals surface area contributed by atoms with E-state index in [1.165, 1.54) is 5.57 Å². The van der Waals surface area contributed by atoms with Crippen LogP contribution >= 0.6 is 0 Å². The van der Waals surface area contributed by atoms with Crippen LogP contribution in [-0.2, 0) is 6.42 Å². The molecule has 1 atom stereocenters. The van der Waals surface area contributed by atoms with Gasteiger partial charge in [0.05, 0.1) is 24.2 Å². The maximum Gasteiger partial charge on any atom is 0.0871 e. The fourth-order valence-corrected chi connectivity index (χ4v) is 1.69. The number of nitriles is 1. The Morgan fingerprint density at radius 1 is 1.56 bits per heavy atom. The molecule has 0 aromatic carbocycles. The van der Waals surface area contributed by atoms with Crippen molar-refractivity contribution >= 4 is 0 Å². The first-order valence-electron chi connectivity index (χ1n) is 5.22. The average molecular weight is 211 g/mol. The van der Waals surface area contributed by atoms with Crippen LogP contribution in [0.4, 0.5) is 0 Å². The molecule has 80 valence electrons. The lowest BCUT2D eigenvalue weighted by Crippen LogP contribution is -2.17. The Labute approximate surface area is 95.1 Å². The molecule has 1 unspecified atom stereocenters. The van der Waals surface area contributed by atoms with Gasteiger partial charge in [0.15, 0.2) is 0 Å².